The molecule has 18 nitrogen and oxygen atoms in total. The van der Waals surface area contributed by atoms with Gasteiger partial charge in [-0.2, -0.15) is 0 Å². The molecular weight excluding hydrogens is 1030 g/mol. The third kappa shape index (κ3) is 24.6. The molecular formula is C62H101N3O15. The van der Waals surface area contributed by atoms with E-state index in [1.54, 1.807) is 38.1 Å². The molecule has 1 saturated carbocycles. The zero-order chi connectivity index (χ0) is 60.4. The molecule has 2 aliphatic rings. The Morgan fingerprint density at radius 3 is 1.44 bits per heavy atom. The van der Waals surface area contributed by atoms with Crippen molar-refractivity contribution in [3.8, 4) is 11.5 Å². The lowest BCUT2D eigenvalue weighted by Crippen LogP contribution is -2.57. The highest BCUT2D eigenvalue weighted by atomic mass is 16.7. The van der Waals surface area contributed by atoms with E-state index in [1.807, 2.05) is 95.2 Å². The number of aliphatic hydroxyl groups is 4. The average molecular weight is 1130 g/mol. The number of aliphatic hydroxyl groups excluding tert-OH is 4. The number of hydrogen-bond donors (Lipinski definition) is 9. The van der Waals surface area contributed by atoms with E-state index in [-0.39, 0.29) is 58.9 Å². The van der Waals surface area contributed by atoms with Gasteiger partial charge in [-0.05, 0) is 178 Å². The van der Waals surface area contributed by atoms with Crippen LogP contribution in [0.3, 0.4) is 0 Å². The molecule has 0 radical (unpaired) electrons. The van der Waals surface area contributed by atoms with Crippen molar-refractivity contribution in [1.82, 2.24) is 5.32 Å². The fourth-order valence-electron chi connectivity index (χ4n) is 8.07. The summed E-state index contributed by atoms with van der Waals surface area (Å²) in [5.41, 5.74) is 3.64. The largest absolute Gasteiger partial charge is 0.487 e. The van der Waals surface area contributed by atoms with Crippen LogP contribution in [0.25, 0.3) is 0 Å². The van der Waals surface area contributed by atoms with Gasteiger partial charge in [0.25, 0.3) is 5.91 Å². The Morgan fingerprint density at radius 1 is 0.537 bits per heavy atom. The van der Waals surface area contributed by atoms with Gasteiger partial charge in [-0.1, -0.05) is 45.5 Å². The molecule has 454 valence electrons. The van der Waals surface area contributed by atoms with Gasteiger partial charge in [-0.3, -0.25) is 9.59 Å². The Balaban J connectivity index is 0.000000426. The van der Waals surface area contributed by atoms with E-state index in [0.29, 0.717) is 31.3 Å². The number of nitrogens with one attached hydrogen (secondary N) is 3. The van der Waals surface area contributed by atoms with Crippen molar-refractivity contribution in [3.05, 3.63) is 82.9 Å². The number of carbonyl (C=O) groups is 3. The highest BCUT2D eigenvalue weighted by molar-refractivity contribution is 5.97. The maximum Gasteiger partial charge on any atom is 0.335 e. The summed E-state index contributed by atoms with van der Waals surface area (Å²) in [6.45, 7) is 40.6. The van der Waals surface area contributed by atoms with Crippen molar-refractivity contribution >= 4 is 29.2 Å². The van der Waals surface area contributed by atoms with Crippen LogP contribution in [0.5, 0.6) is 11.5 Å². The summed E-state index contributed by atoms with van der Waals surface area (Å²) in [5, 5.41) is 69.9. The molecule has 3 aromatic carbocycles. The molecule has 1 amide bonds. The maximum absolute atomic E-state index is 13.0. The second-order valence-electron chi connectivity index (χ2n) is 26.9. The predicted octanol–water partition coefficient (Wildman–Crippen LogP) is 10.3. The van der Waals surface area contributed by atoms with Crippen LogP contribution in [0.15, 0.2) is 60.7 Å². The first-order valence-corrected chi connectivity index (χ1v) is 27.2. The summed E-state index contributed by atoms with van der Waals surface area (Å²) in [4.78, 5) is 36.0. The average Bonchev–Trinajstić information content (AvgIpc) is 3.29. The first kappa shape index (κ1) is 71.1. The number of rotatable bonds is 15. The van der Waals surface area contributed by atoms with Crippen molar-refractivity contribution in [1.29, 1.82) is 0 Å². The minimum Gasteiger partial charge on any atom is -0.487 e. The predicted molar refractivity (Wildman–Crippen MR) is 313 cm³/mol. The number of amides is 1. The molecule has 0 spiro atoms. The Kier molecular flexibility index (Phi) is 25.6. The summed E-state index contributed by atoms with van der Waals surface area (Å²) >= 11 is 0. The van der Waals surface area contributed by atoms with E-state index in [1.165, 1.54) is 5.56 Å². The van der Waals surface area contributed by atoms with Crippen LogP contribution in [-0.2, 0) is 48.4 Å². The van der Waals surface area contributed by atoms with Crippen LogP contribution in [-0.4, -0.2) is 125 Å². The van der Waals surface area contributed by atoms with Gasteiger partial charge in [-0.25, -0.2) is 4.79 Å². The fraction of sp³-hybridized carbons (Fsp3) is 0.661. The van der Waals surface area contributed by atoms with Crippen molar-refractivity contribution in [2.24, 2.45) is 17.8 Å². The van der Waals surface area contributed by atoms with Crippen LogP contribution in [0.1, 0.15) is 179 Å². The summed E-state index contributed by atoms with van der Waals surface area (Å²) in [7, 11) is 0. The second kappa shape index (κ2) is 28.8. The topological polar surface area (TPSA) is 264 Å². The van der Waals surface area contributed by atoms with Crippen LogP contribution in [0.2, 0.25) is 0 Å². The molecule has 0 aromatic heterocycles. The first-order chi connectivity index (χ1) is 35.9. The van der Waals surface area contributed by atoms with E-state index in [2.05, 4.69) is 81.8 Å². The number of aliphatic carboxylic acids is 2. The van der Waals surface area contributed by atoms with E-state index >= 15 is 0 Å². The first-order valence-electron chi connectivity index (χ1n) is 27.2. The molecule has 2 fully saturated rings. The molecule has 10 atom stereocenters. The van der Waals surface area contributed by atoms with Gasteiger partial charge in [0.15, 0.2) is 6.10 Å². The summed E-state index contributed by atoms with van der Waals surface area (Å²) in [6, 6.07) is 19.0. The molecule has 3 aromatic rings. The Bertz CT molecular complexity index is 2420. The zero-order valence-corrected chi connectivity index (χ0v) is 50.7. The normalized spacial score (nSPS) is 23.6. The lowest BCUT2D eigenvalue weighted by atomic mass is 9.76. The Labute approximate surface area is 477 Å². The Morgan fingerprint density at radius 2 is 0.988 bits per heavy atom. The molecule has 1 heterocycles. The molecule has 1 saturated heterocycles. The number of benzene rings is 3. The number of carboxylic acid groups (broad SMARTS) is 2. The van der Waals surface area contributed by atoms with Gasteiger partial charge < -0.3 is 75.0 Å². The molecule has 9 N–H and O–H groups in total. The quantitative estimate of drug-likeness (QED) is 0.0685. The van der Waals surface area contributed by atoms with Gasteiger partial charge in [0.2, 0.25) is 6.29 Å². The SMILES string of the molecule is C.CC(C)(C)Nc1ccc(COC(C)(C)C)cc1.C[C@@H]1[C@@H](O)[C@H](Oc2ccc(COC(C)(C)C)cc2C(=O)NC(C)(C)C)C[C@H](C(=O)O)[C@H]1O.C[C@@H]1[C@@H](O)[C@H](Oc2ccc(COC(C)(C)C)cc2NC(C)(C)C)O[C@H](C(=O)O)[C@H]1O. The number of carbonyl (C=O) groups excluding carboxylic acids is 1. The monoisotopic (exact) mass is 1130 g/mol. The lowest BCUT2D eigenvalue weighted by Gasteiger charge is -2.39. The summed E-state index contributed by atoms with van der Waals surface area (Å²) in [6.07, 6.45) is -8.45. The summed E-state index contributed by atoms with van der Waals surface area (Å²) in [5.74, 6) is -4.65. The third-order valence-corrected chi connectivity index (χ3v) is 12.2. The van der Waals surface area contributed by atoms with Gasteiger partial charge in [-0.15, -0.1) is 0 Å². The number of ether oxygens (including phenoxy) is 6. The highest BCUT2D eigenvalue weighted by Gasteiger charge is 2.48. The maximum atomic E-state index is 13.0. The van der Waals surface area contributed by atoms with Gasteiger partial charge in [0, 0.05) is 40.6 Å². The third-order valence-electron chi connectivity index (χ3n) is 12.2. The molecule has 18 heteroatoms. The van der Waals surface area contributed by atoms with E-state index in [9.17, 15) is 45.0 Å². The molecule has 5 rings (SSSR count). The molecule has 0 bridgehead atoms. The smallest absolute Gasteiger partial charge is 0.335 e. The van der Waals surface area contributed by atoms with Crippen molar-refractivity contribution in [2.45, 2.75) is 248 Å². The molecule has 80 heavy (non-hydrogen) atoms. The van der Waals surface area contributed by atoms with E-state index < -0.39 is 78.1 Å². The van der Waals surface area contributed by atoms with E-state index in [0.717, 1.165) is 16.8 Å². The lowest BCUT2D eigenvalue weighted by molar-refractivity contribution is -0.255. The van der Waals surface area contributed by atoms with Crippen molar-refractivity contribution in [3.63, 3.8) is 0 Å². The Hall–Kier alpha value is -5.05. The minimum atomic E-state index is -1.48. The van der Waals surface area contributed by atoms with Gasteiger partial charge >= 0.3 is 11.9 Å². The molecule has 0 unspecified atom stereocenters. The van der Waals surface area contributed by atoms with E-state index in [4.69, 9.17) is 28.4 Å². The van der Waals surface area contributed by atoms with Crippen molar-refractivity contribution < 1.29 is 73.4 Å². The van der Waals surface area contributed by atoms with Crippen LogP contribution in [0.4, 0.5) is 11.4 Å². The number of carboxylic acids is 2. The van der Waals surface area contributed by atoms with Crippen LogP contribution >= 0.6 is 0 Å². The summed E-state index contributed by atoms with van der Waals surface area (Å²) < 4.78 is 34.7. The fourth-order valence-corrected chi connectivity index (χ4v) is 8.07. The van der Waals surface area contributed by atoms with Crippen LogP contribution < -0.4 is 25.4 Å². The highest BCUT2D eigenvalue weighted by Crippen LogP contribution is 2.36. The number of anilines is 2. The molecule has 1 aliphatic heterocycles. The van der Waals surface area contributed by atoms with Crippen molar-refractivity contribution in [2.75, 3.05) is 10.6 Å². The zero-order valence-electron chi connectivity index (χ0n) is 50.7. The second-order valence-corrected chi connectivity index (χ2v) is 26.9. The van der Waals surface area contributed by atoms with Gasteiger partial charge in [0.05, 0.1) is 72.1 Å². The standard InChI is InChI=1S/C24H37NO7.C22H35NO7.C15H25NO.CH4/c1-13-19(26)16(22(29)30)11-18(20(13)27)32-17-9-8-14(12-31-24(5,6)7)10-15(17)21(28)25-23(2,3)4;1-12-16(24)18(19(26)27)30-20(17(12)25)29-15-9-8-13(11-28-22(5,6)7)10-14(15)23-21(2,3)4;1-14(2,3)16-13-9-7-12(8-10-13)11-17-15(4,5)6;/h8-10,13,16,18-20,26-27H,11-12H2,1-7H3,(H,25,28)(H,29,30);8-10,12,16-18,20,23-25H,11H2,1-7H3,(H,26,27);7-10,16H,11H2,1-6H3;1H4/t13-,16-,18+,19-,20+;12-,16-,17+,18-,20+;;/m00../s1. The minimum absolute atomic E-state index is 0. The van der Waals surface area contributed by atoms with Gasteiger partial charge in [0.1, 0.15) is 23.7 Å². The molecule has 1 aliphatic carbocycles. The van der Waals surface area contributed by atoms with Crippen LogP contribution in [0, 0.1) is 17.8 Å². The number of hydrogen-bond acceptors (Lipinski definition) is 15.